The van der Waals surface area contributed by atoms with Crippen molar-refractivity contribution in [3.8, 4) is 11.5 Å². The Labute approximate surface area is 183 Å². The third kappa shape index (κ3) is 4.58. The number of anilines is 1. The molecule has 0 saturated heterocycles. The molecule has 0 aliphatic carbocycles. The van der Waals surface area contributed by atoms with Crippen LogP contribution in [-0.2, 0) is 11.8 Å². The van der Waals surface area contributed by atoms with Crippen molar-refractivity contribution in [3.63, 3.8) is 0 Å². The molecule has 6 heteroatoms. The second-order valence-electron chi connectivity index (χ2n) is 8.85. The van der Waals surface area contributed by atoms with Crippen molar-refractivity contribution in [2.24, 2.45) is 18.0 Å². The van der Waals surface area contributed by atoms with E-state index in [9.17, 15) is 15.0 Å². The van der Waals surface area contributed by atoms with Crippen molar-refractivity contribution in [1.82, 2.24) is 4.57 Å². The summed E-state index contributed by atoms with van der Waals surface area (Å²) >= 11 is 0. The molecule has 2 aromatic carbocycles. The Kier molecular flexibility index (Phi) is 6.39. The Hall–Kier alpha value is -3.28. The fraction of sp³-hybridized carbons (Fsp3) is 0.360. The number of nitrogens with zero attached hydrogens (tertiary/aromatic N) is 3. The van der Waals surface area contributed by atoms with Crippen molar-refractivity contribution >= 4 is 28.3 Å². The topological polar surface area (TPSA) is 78.1 Å². The number of carbonyl (C=O) groups is 1. The van der Waals surface area contributed by atoms with Crippen LogP contribution in [0.4, 0.5) is 5.69 Å². The van der Waals surface area contributed by atoms with E-state index < -0.39 is 0 Å². The highest BCUT2D eigenvalue weighted by Crippen LogP contribution is 2.35. The summed E-state index contributed by atoms with van der Waals surface area (Å²) in [5.74, 6) is 1.08. The van der Waals surface area contributed by atoms with E-state index in [0.29, 0.717) is 22.6 Å². The van der Waals surface area contributed by atoms with Gasteiger partial charge >= 0.3 is 0 Å². The fourth-order valence-corrected chi connectivity index (χ4v) is 3.52. The van der Waals surface area contributed by atoms with Gasteiger partial charge in [-0.1, -0.05) is 34.6 Å². The molecule has 0 unspecified atom stereocenters. The molecule has 31 heavy (non-hydrogen) atoms. The largest absolute Gasteiger partial charge is 0.508 e. The van der Waals surface area contributed by atoms with E-state index in [1.807, 2.05) is 55.9 Å². The molecule has 164 valence electrons. The van der Waals surface area contributed by atoms with Gasteiger partial charge in [0.1, 0.15) is 23.9 Å². The summed E-state index contributed by atoms with van der Waals surface area (Å²) < 4.78 is 2.01. The molecule has 0 bridgehead atoms. The Bertz CT molecular complexity index is 1140. The summed E-state index contributed by atoms with van der Waals surface area (Å²) in [4.78, 5) is 18.5. The van der Waals surface area contributed by atoms with E-state index in [1.165, 1.54) is 11.0 Å². The van der Waals surface area contributed by atoms with E-state index in [-0.39, 0.29) is 29.9 Å². The van der Waals surface area contributed by atoms with Crippen LogP contribution in [0.5, 0.6) is 11.5 Å². The van der Waals surface area contributed by atoms with E-state index in [4.69, 9.17) is 0 Å². The number of rotatable bonds is 3. The minimum atomic E-state index is -0.154. The molecule has 3 aromatic rings. The van der Waals surface area contributed by atoms with E-state index in [0.717, 1.165) is 16.8 Å². The number of amides is 1. The standard InChI is InChI=1S/C21H21N3O3.C4H10/c1-12(2)15-9-16(19(26)10-18(15)25)21-22-11-20(27)24(21)14-4-5-17-13(8-14)6-7-23(17)3;1-4(2)3/h4-10,12,25-26H,11H2,1-3H3;4H,1-3H3. The molecule has 0 radical (unpaired) electrons. The summed E-state index contributed by atoms with van der Waals surface area (Å²) in [7, 11) is 1.97. The average molecular weight is 422 g/mol. The monoisotopic (exact) mass is 421 g/mol. The van der Waals surface area contributed by atoms with Crippen LogP contribution in [0.25, 0.3) is 10.9 Å². The first kappa shape index (κ1) is 22.4. The molecular weight excluding hydrogens is 390 g/mol. The van der Waals surface area contributed by atoms with Gasteiger partial charge in [0.05, 0.1) is 11.3 Å². The molecule has 2 N–H and O–H groups in total. The van der Waals surface area contributed by atoms with Crippen LogP contribution in [0.15, 0.2) is 47.6 Å². The third-order valence-corrected chi connectivity index (χ3v) is 4.96. The highest BCUT2D eigenvalue weighted by atomic mass is 16.3. The molecule has 2 heterocycles. The molecule has 0 saturated carbocycles. The first-order valence-electron chi connectivity index (χ1n) is 10.6. The average Bonchev–Trinajstić information content (AvgIpc) is 3.23. The lowest BCUT2D eigenvalue weighted by atomic mass is 9.98. The number of hydrogen-bond donors (Lipinski definition) is 2. The van der Waals surface area contributed by atoms with Gasteiger partial charge in [-0.3, -0.25) is 14.7 Å². The fourth-order valence-electron chi connectivity index (χ4n) is 3.52. The number of aliphatic imine (C=N–C) groups is 1. The molecule has 0 fully saturated rings. The van der Waals surface area contributed by atoms with E-state index in [2.05, 4.69) is 25.8 Å². The predicted octanol–water partition coefficient (Wildman–Crippen LogP) is 5.17. The van der Waals surface area contributed by atoms with E-state index >= 15 is 0 Å². The van der Waals surface area contributed by atoms with Crippen molar-refractivity contribution in [1.29, 1.82) is 0 Å². The van der Waals surface area contributed by atoms with Crippen molar-refractivity contribution < 1.29 is 15.0 Å². The molecular formula is C25H31N3O3. The predicted molar refractivity (Wildman–Crippen MR) is 126 cm³/mol. The Morgan fingerprint density at radius 1 is 0.968 bits per heavy atom. The maximum atomic E-state index is 12.6. The number of amidine groups is 1. The SMILES string of the molecule is CC(C)C.CC(C)c1cc(C2=NCC(=O)N2c2ccc3c(ccn3C)c2)c(O)cc1O. The van der Waals surface area contributed by atoms with Gasteiger partial charge in [0, 0.05) is 30.2 Å². The maximum absolute atomic E-state index is 12.6. The van der Waals surface area contributed by atoms with Crippen LogP contribution < -0.4 is 4.90 Å². The van der Waals surface area contributed by atoms with E-state index in [1.54, 1.807) is 6.07 Å². The van der Waals surface area contributed by atoms with Gasteiger partial charge in [-0.15, -0.1) is 0 Å². The Balaban J connectivity index is 0.000000628. The lowest BCUT2D eigenvalue weighted by Crippen LogP contribution is -2.33. The first-order valence-corrected chi connectivity index (χ1v) is 10.6. The van der Waals surface area contributed by atoms with Gasteiger partial charge in [-0.05, 0) is 47.7 Å². The molecule has 0 spiro atoms. The van der Waals surface area contributed by atoms with Gasteiger partial charge in [-0.25, -0.2) is 0 Å². The molecule has 1 amide bonds. The minimum Gasteiger partial charge on any atom is -0.508 e. The van der Waals surface area contributed by atoms with Gasteiger partial charge in [0.2, 0.25) is 0 Å². The van der Waals surface area contributed by atoms with Crippen LogP contribution in [-0.4, -0.2) is 33.1 Å². The quantitative estimate of drug-likeness (QED) is 0.612. The van der Waals surface area contributed by atoms with Gasteiger partial charge < -0.3 is 14.8 Å². The molecule has 1 aromatic heterocycles. The summed E-state index contributed by atoms with van der Waals surface area (Å²) in [6, 6.07) is 10.8. The lowest BCUT2D eigenvalue weighted by molar-refractivity contribution is -0.115. The van der Waals surface area contributed by atoms with Crippen molar-refractivity contribution in [2.45, 2.75) is 40.5 Å². The maximum Gasteiger partial charge on any atom is 0.254 e. The molecule has 1 aliphatic rings. The summed E-state index contributed by atoms with van der Waals surface area (Å²) in [6.07, 6.45) is 1.97. The third-order valence-electron chi connectivity index (χ3n) is 4.96. The first-order chi connectivity index (χ1) is 14.6. The molecule has 4 rings (SSSR count). The van der Waals surface area contributed by atoms with Crippen LogP contribution >= 0.6 is 0 Å². The lowest BCUT2D eigenvalue weighted by Gasteiger charge is -2.21. The number of aromatic hydroxyl groups is 2. The number of aryl methyl sites for hydroxylation is 1. The second kappa shape index (κ2) is 8.84. The summed E-state index contributed by atoms with van der Waals surface area (Å²) in [5, 5.41) is 21.5. The molecule has 6 nitrogen and oxygen atoms in total. The summed E-state index contributed by atoms with van der Waals surface area (Å²) in [6.45, 7) is 10.4. The Morgan fingerprint density at radius 2 is 1.65 bits per heavy atom. The highest BCUT2D eigenvalue weighted by Gasteiger charge is 2.30. The van der Waals surface area contributed by atoms with Crippen molar-refractivity contribution in [3.05, 3.63) is 53.7 Å². The zero-order chi connectivity index (χ0) is 22.9. The normalized spacial score (nSPS) is 13.7. The molecule has 1 aliphatic heterocycles. The number of fused-ring (bicyclic) bond motifs is 1. The summed E-state index contributed by atoms with van der Waals surface area (Å²) in [5.41, 5.74) is 2.91. The van der Waals surface area contributed by atoms with Gasteiger partial charge in [-0.2, -0.15) is 0 Å². The van der Waals surface area contributed by atoms with Gasteiger partial charge in [0.15, 0.2) is 0 Å². The number of phenols is 2. The number of phenolic OH excluding ortho intramolecular Hbond substituents is 2. The minimum absolute atomic E-state index is 0.0273. The van der Waals surface area contributed by atoms with Crippen LogP contribution in [0.1, 0.15) is 51.7 Å². The zero-order valence-electron chi connectivity index (χ0n) is 19.0. The zero-order valence-corrected chi connectivity index (χ0v) is 19.0. The Morgan fingerprint density at radius 3 is 2.29 bits per heavy atom. The van der Waals surface area contributed by atoms with Gasteiger partial charge in [0.25, 0.3) is 5.91 Å². The number of hydrogen-bond acceptors (Lipinski definition) is 4. The van der Waals surface area contributed by atoms with Crippen LogP contribution in [0, 0.1) is 5.92 Å². The second-order valence-corrected chi connectivity index (χ2v) is 8.85. The number of aromatic nitrogens is 1. The number of carbonyl (C=O) groups excluding carboxylic acids is 1. The number of benzene rings is 2. The molecule has 0 atom stereocenters. The van der Waals surface area contributed by atoms with Crippen molar-refractivity contribution in [2.75, 3.05) is 11.4 Å². The highest BCUT2D eigenvalue weighted by molar-refractivity contribution is 6.28. The van der Waals surface area contributed by atoms with Crippen LogP contribution in [0.2, 0.25) is 0 Å². The van der Waals surface area contributed by atoms with Crippen LogP contribution in [0.3, 0.4) is 0 Å². The smallest absolute Gasteiger partial charge is 0.254 e.